The number of nitrogens with zero attached hydrogens (tertiary/aromatic N) is 2. The maximum atomic E-state index is 11.4. The molecule has 0 aromatic rings. The summed E-state index contributed by atoms with van der Waals surface area (Å²) in [5, 5.41) is 0. The third-order valence-electron chi connectivity index (χ3n) is 3.59. The maximum Gasteiger partial charge on any atom is 0.307 e. The van der Waals surface area contributed by atoms with Crippen molar-refractivity contribution in [2.24, 2.45) is 0 Å². The minimum atomic E-state index is -0.0778. The Bertz CT molecular complexity index is 253. The van der Waals surface area contributed by atoms with Crippen molar-refractivity contribution in [3.05, 3.63) is 0 Å². The smallest absolute Gasteiger partial charge is 0.307 e. The fourth-order valence-corrected chi connectivity index (χ4v) is 2.61. The molecule has 1 unspecified atom stereocenters. The quantitative estimate of drug-likeness (QED) is 0.664. The number of likely N-dealkylation sites (N-methyl/N-ethyl adjacent to an activating group) is 1. The van der Waals surface area contributed by atoms with Gasteiger partial charge in [0.05, 0.1) is 13.5 Å². The lowest BCUT2D eigenvalue weighted by Crippen LogP contribution is -2.43. The molecule has 2 rings (SSSR count). The molecular formula is C12H22N2O2. The van der Waals surface area contributed by atoms with E-state index in [0.717, 1.165) is 25.7 Å². The van der Waals surface area contributed by atoms with E-state index in [9.17, 15) is 4.79 Å². The van der Waals surface area contributed by atoms with E-state index < -0.39 is 0 Å². The molecule has 1 aliphatic carbocycles. The van der Waals surface area contributed by atoms with Crippen molar-refractivity contribution in [3.8, 4) is 0 Å². The number of hydrogen-bond donors (Lipinski definition) is 0. The van der Waals surface area contributed by atoms with Gasteiger partial charge in [0.2, 0.25) is 0 Å². The van der Waals surface area contributed by atoms with Gasteiger partial charge in [-0.2, -0.15) is 0 Å². The molecule has 1 saturated heterocycles. The minimum Gasteiger partial charge on any atom is -0.469 e. The van der Waals surface area contributed by atoms with Gasteiger partial charge in [0.25, 0.3) is 0 Å². The number of carbonyl (C=O) groups excluding carboxylic acids is 1. The predicted molar refractivity (Wildman–Crippen MR) is 62.3 cm³/mol. The van der Waals surface area contributed by atoms with E-state index in [1.54, 1.807) is 0 Å². The van der Waals surface area contributed by atoms with Crippen LogP contribution in [-0.2, 0) is 9.53 Å². The molecule has 0 spiro atoms. The van der Waals surface area contributed by atoms with Crippen LogP contribution in [0.2, 0.25) is 0 Å². The van der Waals surface area contributed by atoms with Gasteiger partial charge in [-0.1, -0.05) is 0 Å². The molecule has 0 aromatic carbocycles. The Hall–Kier alpha value is -0.610. The second-order valence-electron chi connectivity index (χ2n) is 5.02. The summed E-state index contributed by atoms with van der Waals surface area (Å²) < 4.78 is 4.79. The molecule has 16 heavy (non-hydrogen) atoms. The molecule has 2 fully saturated rings. The topological polar surface area (TPSA) is 32.8 Å². The molecule has 0 bridgehead atoms. The van der Waals surface area contributed by atoms with Crippen LogP contribution in [0.3, 0.4) is 0 Å². The molecule has 1 aliphatic heterocycles. The van der Waals surface area contributed by atoms with Crippen LogP contribution in [0.5, 0.6) is 0 Å². The Kier molecular flexibility index (Phi) is 3.82. The van der Waals surface area contributed by atoms with Crippen molar-refractivity contribution in [2.45, 2.75) is 37.8 Å². The maximum absolute atomic E-state index is 11.4. The minimum absolute atomic E-state index is 0.0778. The third kappa shape index (κ3) is 2.95. The van der Waals surface area contributed by atoms with E-state index >= 15 is 0 Å². The first-order chi connectivity index (χ1) is 7.70. The molecule has 4 nitrogen and oxygen atoms in total. The van der Waals surface area contributed by atoms with Gasteiger partial charge in [0, 0.05) is 25.2 Å². The Morgan fingerprint density at radius 2 is 2.12 bits per heavy atom. The number of rotatable bonds is 3. The SMILES string of the molecule is COC(=O)CC1CN(C)CCCN1C1CC1. The van der Waals surface area contributed by atoms with Crippen molar-refractivity contribution in [2.75, 3.05) is 33.8 Å². The lowest BCUT2D eigenvalue weighted by molar-refractivity contribution is -0.142. The van der Waals surface area contributed by atoms with Crippen LogP contribution in [0.15, 0.2) is 0 Å². The van der Waals surface area contributed by atoms with Gasteiger partial charge in [-0.05, 0) is 32.9 Å². The van der Waals surface area contributed by atoms with Crippen LogP contribution in [0.25, 0.3) is 0 Å². The summed E-state index contributed by atoms with van der Waals surface area (Å²) in [6.07, 6.45) is 4.37. The van der Waals surface area contributed by atoms with Crippen LogP contribution in [0.1, 0.15) is 25.7 Å². The molecule has 0 N–H and O–H groups in total. The molecular weight excluding hydrogens is 204 g/mol. The van der Waals surface area contributed by atoms with Crippen LogP contribution >= 0.6 is 0 Å². The van der Waals surface area contributed by atoms with Crippen LogP contribution < -0.4 is 0 Å². The standard InChI is InChI=1S/C12H22N2O2/c1-13-6-3-7-14(10-4-5-10)11(9-13)8-12(15)16-2/h10-11H,3-9H2,1-2H3. The van der Waals surface area contributed by atoms with Crippen LogP contribution in [0, 0.1) is 0 Å². The summed E-state index contributed by atoms with van der Waals surface area (Å²) in [5.74, 6) is -0.0778. The molecule has 0 radical (unpaired) electrons. The van der Waals surface area contributed by atoms with Crippen molar-refractivity contribution in [1.29, 1.82) is 0 Å². The average molecular weight is 226 g/mol. The lowest BCUT2D eigenvalue weighted by Gasteiger charge is -2.30. The first-order valence-corrected chi connectivity index (χ1v) is 6.22. The van der Waals surface area contributed by atoms with E-state index in [4.69, 9.17) is 4.74 Å². The Morgan fingerprint density at radius 3 is 2.75 bits per heavy atom. The highest BCUT2D eigenvalue weighted by Crippen LogP contribution is 2.30. The lowest BCUT2D eigenvalue weighted by atomic mass is 10.1. The second kappa shape index (κ2) is 5.15. The predicted octanol–water partition coefficient (Wildman–Crippen LogP) is 0.718. The zero-order valence-electron chi connectivity index (χ0n) is 10.3. The van der Waals surface area contributed by atoms with E-state index in [1.165, 1.54) is 26.4 Å². The number of carbonyl (C=O) groups is 1. The fourth-order valence-electron chi connectivity index (χ4n) is 2.61. The largest absolute Gasteiger partial charge is 0.469 e. The van der Waals surface area contributed by atoms with E-state index in [1.807, 2.05) is 0 Å². The first-order valence-electron chi connectivity index (χ1n) is 6.22. The first kappa shape index (κ1) is 11.9. The zero-order valence-corrected chi connectivity index (χ0v) is 10.3. The van der Waals surface area contributed by atoms with Gasteiger partial charge in [0.1, 0.15) is 0 Å². The van der Waals surface area contributed by atoms with Crippen molar-refractivity contribution in [3.63, 3.8) is 0 Å². The fraction of sp³-hybridized carbons (Fsp3) is 0.917. The van der Waals surface area contributed by atoms with Gasteiger partial charge >= 0.3 is 5.97 Å². The normalized spacial score (nSPS) is 28.8. The molecule has 1 heterocycles. The third-order valence-corrected chi connectivity index (χ3v) is 3.59. The molecule has 0 aromatic heterocycles. The number of ether oxygens (including phenoxy) is 1. The Morgan fingerprint density at radius 1 is 1.38 bits per heavy atom. The number of esters is 1. The molecule has 1 saturated carbocycles. The average Bonchev–Trinajstić information content (AvgIpc) is 3.05. The van der Waals surface area contributed by atoms with Gasteiger partial charge in [-0.15, -0.1) is 0 Å². The van der Waals surface area contributed by atoms with E-state index in [2.05, 4.69) is 16.8 Å². The molecule has 0 amide bonds. The highest BCUT2D eigenvalue weighted by Gasteiger charge is 2.36. The summed E-state index contributed by atoms with van der Waals surface area (Å²) in [6.45, 7) is 3.27. The highest BCUT2D eigenvalue weighted by atomic mass is 16.5. The number of hydrogen-bond acceptors (Lipinski definition) is 4. The number of methoxy groups -OCH3 is 1. The summed E-state index contributed by atoms with van der Waals surface area (Å²) in [7, 11) is 3.62. The molecule has 4 heteroatoms. The highest BCUT2D eigenvalue weighted by molar-refractivity contribution is 5.70. The summed E-state index contributed by atoms with van der Waals surface area (Å²) in [5.41, 5.74) is 0. The van der Waals surface area contributed by atoms with Crippen molar-refractivity contribution >= 4 is 5.97 Å². The van der Waals surface area contributed by atoms with Gasteiger partial charge in [0.15, 0.2) is 0 Å². The van der Waals surface area contributed by atoms with E-state index in [-0.39, 0.29) is 5.97 Å². The molecule has 1 atom stereocenters. The van der Waals surface area contributed by atoms with Crippen molar-refractivity contribution in [1.82, 2.24) is 9.80 Å². The Balaban J connectivity index is 1.98. The van der Waals surface area contributed by atoms with Gasteiger partial charge in [-0.25, -0.2) is 0 Å². The van der Waals surface area contributed by atoms with E-state index in [0.29, 0.717) is 12.5 Å². The van der Waals surface area contributed by atoms with Crippen LogP contribution in [-0.4, -0.2) is 61.6 Å². The second-order valence-corrected chi connectivity index (χ2v) is 5.02. The van der Waals surface area contributed by atoms with Gasteiger partial charge in [-0.3, -0.25) is 9.69 Å². The Labute approximate surface area is 97.5 Å². The van der Waals surface area contributed by atoms with Gasteiger partial charge < -0.3 is 9.64 Å². The monoisotopic (exact) mass is 226 g/mol. The summed E-state index contributed by atoms with van der Waals surface area (Å²) in [4.78, 5) is 16.3. The van der Waals surface area contributed by atoms with Crippen LogP contribution in [0.4, 0.5) is 0 Å². The summed E-state index contributed by atoms with van der Waals surface area (Å²) in [6, 6.07) is 1.09. The summed E-state index contributed by atoms with van der Waals surface area (Å²) >= 11 is 0. The van der Waals surface area contributed by atoms with Crippen molar-refractivity contribution < 1.29 is 9.53 Å². The molecule has 2 aliphatic rings. The zero-order chi connectivity index (χ0) is 11.5. The molecule has 92 valence electrons.